The zero-order valence-corrected chi connectivity index (χ0v) is 22.0. The molecule has 0 aliphatic rings. The smallest absolute Gasteiger partial charge is 0.191 e. The number of nitrogens with zero attached hydrogens (tertiary/aromatic N) is 4. The van der Waals surface area contributed by atoms with Crippen LogP contribution in [0.15, 0.2) is 59.6 Å². The van der Waals surface area contributed by atoms with Gasteiger partial charge in [0.05, 0.1) is 18.5 Å². The van der Waals surface area contributed by atoms with Gasteiger partial charge < -0.3 is 21.1 Å². The van der Waals surface area contributed by atoms with Crippen molar-refractivity contribution in [1.29, 1.82) is 5.26 Å². The van der Waals surface area contributed by atoms with Crippen LogP contribution < -0.4 is 21.1 Å². The lowest BCUT2D eigenvalue weighted by molar-refractivity contribution is 0.414. The Labute approximate surface area is 218 Å². The fourth-order valence-electron chi connectivity index (χ4n) is 3.44. The van der Waals surface area contributed by atoms with Gasteiger partial charge >= 0.3 is 0 Å². The van der Waals surface area contributed by atoms with Crippen LogP contribution in [-0.2, 0) is 12.8 Å². The molecule has 2 aromatic carbocycles. The van der Waals surface area contributed by atoms with Gasteiger partial charge in [-0.2, -0.15) is 10.4 Å². The summed E-state index contributed by atoms with van der Waals surface area (Å²) < 4.78 is 6.83. The number of guanidine groups is 1. The third-order valence-electron chi connectivity index (χ3n) is 5.16. The van der Waals surface area contributed by atoms with Crippen molar-refractivity contribution in [2.75, 3.05) is 32.5 Å². The topological polar surface area (TPSA) is 113 Å². The van der Waals surface area contributed by atoms with E-state index in [9.17, 15) is 5.26 Å². The number of nitrogen functional groups attached to an aromatic ring is 1. The number of ether oxygens (including phenoxy) is 1. The normalized spacial score (nSPS) is 10.8. The molecule has 3 aromatic rings. The monoisotopic (exact) mass is 573 g/mol. The minimum absolute atomic E-state index is 0. The molecule has 3 rings (SSSR count). The summed E-state index contributed by atoms with van der Waals surface area (Å²) in [6.07, 6.45) is 2.27. The first kappa shape index (κ1) is 27.0. The van der Waals surface area contributed by atoms with Crippen molar-refractivity contribution in [2.45, 2.75) is 26.2 Å². The molecule has 0 aliphatic heterocycles. The van der Waals surface area contributed by atoms with Gasteiger partial charge in [-0.3, -0.25) is 4.99 Å². The molecule has 0 amide bonds. The molecular weight excluding hydrogens is 541 g/mol. The summed E-state index contributed by atoms with van der Waals surface area (Å²) in [5.41, 5.74) is 9.39. The summed E-state index contributed by atoms with van der Waals surface area (Å²) in [5, 5.41) is 20.8. The first-order valence-corrected chi connectivity index (χ1v) is 11.1. The van der Waals surface area contributed by atoms with Crippen LogP contribution in [0.1, 0.15) is 30.2 Å². The highest BCUT2D eigenvalue weighted by Gasteiger charge is 2.16. The van der Waals surface area contributed by atoms with Gasteiger partial charge in [-0.15, -0.1) is 24.0 Å². The van der Waals surface area contributed by atoms with E-state index in [0.29, 0.717) is 30.0 Å². The number of hydrogen-bond acceptors (Lipinski definition) is 5. The lowest BCUT2D eigenvalue weighted by Crippen LogP contribution is -2.38. The number of benzene rings is 2. The number of aryl methyl sites for hydroxylation is 1. The van der Waals surface area contributed by atoms with E-state index in [1.54, 1.807) is 11.8 Å². The molecule has 1 heterocycles. The summed E-state index contributed by atoms with van der Waals surface area (Å²) in [6, 6.07) is 19.9. The first-order chi connectivity index (χ1) is 16.2. The molecule has 0 spiro atoms. The number of anilines is 1. The Balaban J connectivity index is 0.00000408. The Hall–Kier alpha value is -3.26. The zero-order valence-electron chi connectivity index (χ0n) is 19.6. The van der Waals surface area contributed by atoms with Crippen LogP contribution in [0.2, 0.25) is 0 Å². The molecule has 0 saturated carbocycles. The Morgan fingerprint density at radius 3 is 2.50 bits per heavy atom. The van der Waals surface area contributed by atoms with Gasteiger partial charge in [-0.05, 0) is 56.0 Å². The molecule has 0 fully saturated rings. The molecule has 0 unspecified atom stereocenters. The predicted molar refractivity (Wildman–Crippen MR) is 147 cm³/mol. The van der Waals surface area contributed by atoms with Gasteiger partial charge in [0.2, 0.25) is 0 Å². The van der Waals surface area contributed by atoms with Gasteiger partial charge in [0.1, 0.15) is 23.2 Å². The zero-order chi connectivity index (χ0) is 23.5. The highest BCUT2D eigenvalue weighted by molar-refractivity contribution is 14.0. The van der Waals surface area contributed by atoms with E-state index < -0.39 is 0 Å². The summed E-state index contributed by atoms with van der Waals surface area (Å²) in [6.45, 7) is 4.21. The van der Waals surface area contributed by atoms with Crippen molar-refractivity contribution >= 4 is 35.8 Å². The van der Waals surface area contributed by atoms with Crippen molar-refractivity contribution in [3.05, 3.63) is 71.4 Å². The van der Waals surface area contributed by atoms with Crippen LogP contribution in [0.5, 0.6) is 5.75 Å². The largest absolute Gasteiger partial charge is 0.497 e. The van der Waals surface area contributed by atoms with Crippen LogP contribution in [0, 0.1) is 11.3 Å². The number of nitrogens with one attached hydrogen (secondary N) is 2. The highest BCUT2D eigenvalue weighted by Crippen LogP contribution is 2.21. The average molecular weight is 573 g/mol. The number of nitriles is 1. The third-order valence-corrected chi connectivity index (χ3v) is 5.16. The summed E-state index contributed by atoms with van der Waals surface area (Å²) >= 11 is 0. The second-order valence-corrected chi connectivity index (χ2v) is 7.46. The van der Waals surface area contributed by atoms with E-state index in [0.717, 1.165) is 43.3 Å². The molecule has 0 aliphatic carbocycles. The summed E-state index contributed by atoms with van der Waals surface area (Å²) in [4.78, 5) is 4.66. The number of aromatic nitrogens is 2. The molecule has 9 heteroatoms. The van der Waals surface area contributed by atoms with E-state index >= 15 is 0 Å². The number of nitrogens with two attached hydrogens (primary N) is 1. The second kappa shape index (κ2) is 14.1. The van der Waals surface area contributed by atoms with Gasteiger partial charge in [0, 0.05) is 19.6 Å². The molecule has 34 heavy (non-hydrogen) atoms. The van der Waals surface area contributed by atoms with Gasteiger partial charge in [-0.1, -0.05) is 30.3 Å². The average Bonchev–Trinajstić information content (AvgIpc) is 3.17. The molecule has 1 aromatic heterocycles. The second-order valence-electron chi connectivity index (χ2n) is 7.46. The highest BCUT2D eigenvalue weighted by atomic mass is 127. The number of para-hydroxylation sites is 1. The van der Waals surface area contributed by atoms with Crippen molar-refractivity contribution in [2.24, 2.45) is 4.99 Å². The number of aliphatic imine (C=N–C) groups is 1. The van der Waals surface area contributed by atoms with Crippen LogP contribution in [0.3, 0.4) is 0 Å². The lowest BCUT2D eigenvalue weighted by Gasteiger charge is -2.11. The van der Waals surface area contributed by atoms with Crippen molar-refractivity contribution in [3.8, 4) is 17.5 Å². The van der Waals surface area contributed by atoms with Crippen LogP contribution in [0.25, 0.3) is 5.69 Å². The molecule has 0 saturated heterocycles. The molecule has 0 bridgehead atoms. The van der Waals surface area contributed by atoms with E-state index in [1.807, 2.05) is 49.4 Å². The minimum atomic E-state index is 0. The molecular formula is C25H32IN7O. The maximum absolute atomic E-state index is 9.56. The van der Waals surface area contributed by atoms with Crippen LogP contribution >= 0.6 is 24.0 Å². The van der Waals surface area contributed by atoms with E-state index in [2.05, 4.69) is 38.9 Å². The van der Waals surface area contributed by atoms with Gasteiger partial charge in [-0.25, -0.2) is 4.68 Å². The quantitative estimate of drug-likeness (QED) is 0.148. The molecule has 0 atom stereocenters. The standard InChI is InChI=1S/C25H31N7O.HI/c1-3-28-25(30-17-15-19-11-13-21(33-2)14-12-19)29-16-7-10-23-22(18-26)24(27)32(31-23)20-8-5-4-6-9-20;/h4-6,8-9,11-14H,3,7,10,15-17,27H2,1-2H3,(H2,28,29,30);1H. The maximum Gasteiger partial charge on any atom is 0.191 e. The first-order valence-electron chi connectivity index (χ1n) is 11.1. The fraction of sp³-hybridized carbons (Fsp3) is 0.320. The van der Waals surface area contributed by atoms with E-state index in [1.165, 1.54) is 5.56 Å². The van der Waals surface area contributed by atoms with Gasteiger partial charge in [0.15, 0.2) is 5.96 Å². The van der Waals surface area contributed by atoms with E-state index in [4.69, 9.17) is 10.5 Å². The Morgan fingerprint density at radius 1 is 1.12 bits per heavy atom. The lowest BCUT2D eigenvalue weighted by atomic mass is 10.1. The van der Waals surface area contributed by atoms with Crippen LogP contribution in [-0.4, -0.2) is 42.5 Å². The van der Waals surface area contributed by atoms with Crippen molar-refractivity contribution in [1.82, 2.24) is 20.4 Å². The minimum Gasteiger partial charge on any atom is -0.497 e. The Bertz CT molecular complexity index is 1090. The van der Waals surface area contributed by atoms with Crippen molar-refractivity contribution < 1.29 is 4.74 Å². The predicted octanol–water partition coefficient (Wildman–Crippen LogP) is 3.68. The summed E-state index contributed by atoms with van der Waals surface area (Å²) in [5.74, 6) is 2.01. The Morgan fingerprint density at radius 2 is 1.85 bits per heavy atom. The molecule has 0 radical (unpaired) electrons. The SMILES string of the molecule is CCNC(=NCCCc1nn(-c2ccccc2)c(N)c1C#N)NCCc1ccc(OC)cc1.I. The molecule has 8 nitrogen and oxygen atoms in total. The number of methoxy groups -OCH3 is 1. The Kier molecular flexibility index (Phi) is 11.2. The number of rotatable bonds is 10. The number of hydrogen-bond donors (Lipinski definition) is 3. The van der Waals surface area contributed by atoms with Crippen molar-refractivity contribution in [3.63, 3.8) is 0 Å². The molecule has 4 N–H and O–H groups in total. The van der Waals surface area contributed by atoms with Gasteiger partial charge in [0.25, 0.3) is 0 Å². The van der Waals surface area contributed by atoms with E-state index in [-0.39, 0.29) is 24.0 Å². The number of halogens is 1. The molecule has 180 valence electrons. The maximum atomic E-state index is 9.56. The summed E-state index contributed by atoms with van der Waals surface area (Å²) in [7, 11) is 1.67. The third kappa shape index (κ3) is 7.38. The van der Waals surface area contributed by atoms with Crippen LogP contribution in [0.4, 0.5) is 5.82 Å². The fourth-order valence-corrected chi connectivity index (χ4v) is 3.44.